The maximum Gasteiger partial charge on any atom is 0.317 e. The summed E-state index contributed by atoms with van der Waals surface area (Å²) in [6, 6.07) is 19.6. The Hall–Kier alpha value is -3.87. The van der Waals surface area contributed by atoms with E-state index in [1.807, 2.05) is 67.6 Å². The lowest BCUT2D eigenvalue weighted by molar-refractivity contribution is -0.136. The van der Waals surface area contributed by atoms with Crippen molar-refractivity contribution in [1.82, 2.24) is 10.2 Å². The summed E-state index contributed by atoms with van der Waals surface area (Å²) in [6.07, 6.45) is -0.506. The van der Waals surface area contributed by atoms with Gasteiger partial charge in [-0.1, -0.05) is 60.7 Å². The van der Waals surface area contributed by atoms with Crippen LogP contribution in [-0.4, -0.2) is 35.7 Å². The van der Waals surface area contributed by atoms with Gasteiger partial charge in [0.2, 0.25) is 0 Å². The number of benzene rings is 3. The number of methoxy groups -OCH3 is 1. The van der Waals surface area contributed by atoms with E-state index in [-0.39, 0.29) is 23.9 Å². The minimum atomic E-state index is -1.16. The fourth-order valence-electron chi connectivity index (χ4n) is 3.72. The summed E-state index contributed by atoms with van der Waals surface area (Å²) >= 11 is 0. The Morgan fingerprint density at radius 2 is 1.67 bits per heavy atom. The number of carbonyl (C=O) groups is 2. The third-order valence-electron chi connectivity index (χ3n) is 5.37. The minimum Gasteiger partial charge on any atom is -0.496 e. The number of nitrogens with zero attached hydrogens (tertiary/aromatic N) is 1. The molecule has 2 amide bonds. The highest BCUT2D eigenvalue weighted by Crippen LogP contribution is 2.38. The zero-order valence-electron chi connectivity index (χ0n) is 18.7. The van der Waals surface area contributed by atoms with Crippen molar-refractivity contribution in [2.24, 2.45) is 0 Å². The number of urea groups is 1. The summed E-state index contributed by atoms with van der Waals surface area (Å²) in [4.78, 5) is 26.0. The van der Waals surface area contributed by atoms with Crippen LogP contribution in [-0.2, 0) is 24.3 Å². The Morgan fingerprint density at radius 3 is 2.24 bits per heavy atom. The number of carboxylic acid groups (broad SMARTS) is 1. The second kappa shape index (κ2) is 11.1. The van der Waals surface area contributed by atoms with E-state index in [0.717, 1.165) is 11.1 Å². The first-order valence-electron chi connectivity index (χ1n) is 10.7. The van der Waals surface area contributed by atoms with E-state index in [1.54, 1.807) is 0 Å². The first-order chi connectivity index (χ1) is 15.9. The van der Waals surface area contributed by atoms with Crippen LogP contribution in [0.1, 0.15) is 23.6 Å². The van der Waals surface area contributed by atoms with Gasteiger partial charge in [-0.05, 0) is 23.6 Å². The van der Waals surface area contributed by atoms with Crippen LogP contribution in [0.15, 0.2) is 66.7 Å². The molecule has 3 aromatic rings. The molecular weight excluding hydrogens is 423 g/mol. The lowest BCUT2D eigenvalue weighted by Crippen LogP contribution is -2.39. The molecule has 6 nitrogen and oxygen atoms in total. The van der Waals surface area contributed by atoms with Crippen molar-refractivity contribution >= 4 is 12.0 Å². The van der Waals surface area contributed by atoms with Crippen LogP contribution < -0.4 is 10.1 Å². The number of amides is 2. The Bertz CT molecular complexity index is 1100. The normalized spacial score (nSPS) is 10.5. The van der Waals surface area contributed by atoms with Gasteiger partial charge in [0.1, 0.15) is 11.6 Å². The molecular formula is C26H27FN2O4. The number of nitrogens with one attached hydrogen (secondary N) is 1. The molecule has 0 bridgehead atoms. The van der Waals surface area contributed by atoms with Crippen molar-refractivity contribution in [2.45, 2.75) is 26.4 Å². The third kappa shape index (κ3) is 5.88. The molecule has 0 saturated carbocycles. The summed E-state index contributed by atoms with van der Waals surface area (Å²) in [6.45, 7) is 2.53. The predicted molar refractivity (Wildman–Crippen MR) is 124 cm³/mol. The molecule has 0 aliphatic heterocycles. The van der Waals surface area contributed by atoms with Crippen LogP contribution in [0.2, 0.25) is 0 Å². The van der Waals surface area contributed by atoms with Crippen molar-refractivity contribution in [2.75, 3.05) is 13.7 Å². The smallest absolute Gasteiger partial charge is 0.317 e. The number of rotatable bonds is 9. The van der Waals surface area contributed by atoms with Gasteiger partial charge in [-0.2, -0.15) is 0 Å². The second-order valence-electron chi connectivity index (χ2n) is 7.49. The minimum absolute atomic E-state index is 0.0259. The topological polar surface area (TPSA) is 78.9 Å². The fraction of sp³-hybridized carbons (Fsp3) is 0.231. The van der Waals surface area contributed by atoms with Crippen molar-refractivity contribution in [3.8, 4) is 16.9 Å². The molecule has 0 radical (unpaired) electrons. The van der Waals surface area contributed by atoms with E-state index in [9.17, 15) is 14.7 Å². The first-order valence-corrected chi connectivity index (χ1v) is 10.7. The summed E-state index contributed by atoms with van der Waals surface area (Å²) in [5, 5.41) is 12.3. The number of halogens is 1. The van der Waals surface area contributed by atoms with E-state index in [2.05, 4.69) is 5.32 Å². The molecule has 3 rings (SSSR count). The molecule has 0 spiro atoms. The van der Waals surface area contributed by atoms with Crippen LogP contribution in [0.5, 0.6) is 5.75 Å². The molecule has 3 aromatic carbocycles. The molecule has 0 saturated heterocycles. The Balaban J connectivity index is 2.01. The number of ether oxygens (including phenoxy) is 1. The summed E-state index contributed by atoms with van der Waals surface area (Å²) < 4.78 is 20.5. The molecule has 172 valence electrons. The lowest BCUT2D eigenvalue weighted by atomic mass is 9.92. The van der Waals surface area contributed by atoms with Crippen LogP contribution in [0.4, 0.5) is 9.18 Å². The van der Waals surface area contributed by atoms with Crippen LogP contribution >= 0.6 is 0 Å². The molecule has 0 aliphatic rings. The van der Waals surface area contributed by atoms with E-state index in [4.69, 9.17) is 4.74 Å². The van der Waals surface area contributed by atoms with Gasteiger partial charge in [-0.3, -0.25) is 4.79 Å². The van der Waals surface area contributed by atoms with Gasteiger partial charge in [0.15, 0.2) is 0 Å². The van der Waals surface area contributed by atoms with Gasteiger partial charge >= 0.3 is 12.0 Å². The molecule has 0 unspecified atom stereocenters. The standard InChI is InChI=1S/C26H27FN2O4/c1-3-29(26(32)28-16-18-10-6-4-7-11-18)17-21-20(14-24(30)31)22(27)15-23(33-2)25(21)19-12-8-5-9-13-19/h4-13,15H,3,14,16-17H2,1-2H3,(H,28,32)(H,30,31). The molecule has 0 atom stereocenters. The molecule has 0 aromatic heterocycles. The fourth-order valence-corrected chi connectivity index (χ4v) is 3.72. The zero-order chi connectivity index (χ0) is 23.8. The molecule has 7 heteroatoms. The van der Waals surface area contributed by atoms with E-state index >= 15 is 4.39 Å². The molecule has 0 fully saturated rings. The average molecular weight is 451 g/mol. The summed E-state index contributed by atoms with van der Waals surface area (Å²) in [7, 11) is 1.44. The van der Waals surface area contributed by atoms with Gasteiger partial charge in [-0.15, -0.1) is 0 Å². The Kier molecular flexibility index (Phi) is 8.02. The SMILES string of the molecule is CCN(Cc1c(CC(=O)O)c(F)cc(OC)c1-c1ccccc1)C(=O)NCc1ccccc1. The largest absolute Gasteiger partial charge is 0.496 e. The second-order valence-corrected chi connectivity index (χ2v) is 7.49. The average Bonchev–Trinajstić information content (AvgIpc) is 2.83. The van der Waals surface area contributed by atoms with E-state index in [1.165, 1.54) is 18.1 Å². The van der Waals surface area contributed by atoms with Gasteiger partial charge in [0, 0.05) is 36.8 Å². The quantitative estimate of drug-likeness (QED) is 0.488. The molecule has 33 heavy (non-hydrogen) atoms. The van der Waals surface area contributed by atoms with Crippen LogP contribution in [0.25, 0.3) is 11.1 Å². The van der Waals surface area contributed by atoms with Gasteiger partial charge < -0.3 is 20.1 Å². The number of aliphatic carboxylic acids is 1. The van der Waals surface area contributed by atoms with Gasteiger partial charge in [0.05, 0.1) is 13.5 Å². The lowest BCUT2D eigenvalue weighted by Gasteiger charge is -2.26. The maximum absolute atomic E-state index is 15.0. The molecule has 0 aliphatic carbocycles. The van der Waals surface area contributed by atoms with Crippen LogP contribution in [0, 0.1) is 5.82 Å². The monoisotopic (exact) mass is 450 g/mol. The van der Waals surface area contributed by atoms with Crippen molar-refractivity contribution in [3.05, 3.63) is 89.2 Å². The molecule has 2 N–H and O–H groups in total. The highest BCUT2D eigenvalue weighted by Gasteiger charge is 2.24. The first kappa shape index (κ1) is 23.8. The number of hydrogen-bond donors (Lipinski definition) is 2. The maximum atomic E-state index is 15.0. The number of carbonyl (C=O) groups excluding carboxylic acids is 1. The summed E-state index contributed by atoms with van der Waals surface area (Å²) in [5.74, 6) is -1.55. The highest BCUT2D eigenvalue weighted by atomic mass is 19.1. The highest BCUT2D eigenvalue weighted by molar-refractivity contribution is 5.80. The van der Waals surface area contributed by atoms with Gasteiger partial charge in [-0.25, -0.2) is 9.18 Å². The molecule has 0 heterocycles. The van der Waals surface area contributed by atoms with Crippen molar-refractivity contribution < 1.29 is 23.8 Å². The zero-order valence-corrected chi connectivity index (χ0v) is 18.7. The van der Waals surface area contributed by atoms with Crippen molar-refractivity contribution in [3.63, 3.8) is 0 Å². The van der Waals surface area contributed by atoms with Crippen molar-refractivity contribution in [1.29, 1.82) is 0 Å². The van der Waals surface area contributed by atoms with Crippen LogP contribution in [0.3, 0.4) is 0 Å². The summed E-state index contributed by atoms with van der Waals surface area (Å²) in [5.41, 5.74) is 2.72. The Labute approximate surface area is 192 Å². The predicted octanol–water partition coefficient (Wildman–Crippen LogP) is 4.86. The van der Waals surface area contributed by atoms with Gasteiger partial charge in [0.25, 0.3) is 0 Å². The van der Waals surface area contributed by atoms with E-state index < -0.39 is 18.2 Å². The number of hydrogen-bond acceptors (Lipinski definition) is 3. The third-order valence-corrected chi connectivity index (χ3v) is 5.37. The number of carboxylic acids is 1. The Morgan fingerprint density at radius 1 is 1.03 bits per heavy atom. The van der Waals surface area contributed by atoms with E-state index in [0.29, 0.717) is 24.2 Å².